The van der Waals surface area contributed by atoms with Crippen LogP contribution in [0.4, 0.5) is 0 Å². The number of hydrogen-bond donors (Lipinski definition) is 1. The zero-order chi connectivity index (χ0) is 16.8. The summed E-state index contributed by atoms with van der Waals surface area (Å²) in [5.74, 6) is 0.332. The summed E-state index contributed by atoms with van der Waals surface area (Å²) >= 11 is 1.48. The second kappa shape index (κ2) is 8.62. The fourth-order valence-electron chi connectivity index (χ4n) is 3.57. The highest BCUT2D eigenvalue weighted by Gasteiger charge is 2.27. The van der Waals surface area contributed by atoms with Crippen molar-refractivity contribution in [2.45, 2.75) is 32.1 Å². The normalized spacial score (nSPS) is 19.6. The lowest BCUT2D eigenvalue weighted by molar-refractivity contribution is -0.126. The van der Waals surface area contributed by atoms with Crippen molar-refractivity contribution in [3.05, 3.63) is 22.4 Å². The molecule has 0 atom stereocenters. The first kappa shape index (κ1) is 17.4. The predicted octanol–water partition coefficient (Wildman–Crippen LogP) is 2.20. The average molecular weight is 350 g/mol. The van der Waals surface area contributed by atoms with Gasteiger partial charge in [-0.2, -0.15) is 0 Å². The number of carbonyl (C=O) groups excluding carboxylic acids is 2. The smallest absolute Gasteiger partial charge is 0.263 e. The third kappa shape index (κ3) is 4.57. The van der Waals surface area contributed by atoms with E-state index in [1.807, 2.05) is 22.4 Å². The summed E-state index contributed by atoms with van der Waals surface area (Å²) in [6, 6.07) is 3.77. The van der Waals surface area contributed by atoms with Crippen molar-refractivity contribution < 1.29 is 9.59 Å². The van der Waals surface area contributed by atoms with Crippen molar-refractivity contribution in [1.29, 1.82) is 0 Å². The van der Waals surface area contributed by atoms with E-state index >= 15 is 0 Å². The molecule has 0 bridgehead atoms. The second-order valence-corrected chi connectivity index (χ2v) is 7.68. The van der Waals surface area contributed by atoms with Crippen LogP contribution in [0.3, 0.4) is 0 Å². The molecule has 0 spiro atoms. The average Bonchev–Trinajstić information content (AvgIpc) is 3.31. The highest BCUT2D eigenvalue weighted by atomic mass is 32.1. The van der Waals surface area contributed by atoms with Gasteiger partial charge in [-0.15, -0.1) is 11.3 Å². The van der Waals surface area contributed by atoms with Gasteiger partial charge in [0.05, 0.1) is 4.88 Å². The summed E-state index contributed by atoms with van der Waals surface area (Å²) < 4.78 is 0. The molecule has 3 rings (SSSR count). The van der Waals surface area contributed by atoms with Gasteiger partial charge >= 0.3 is 0 Å². The Morgan fingerprint density at radius 2 is 1.92 bits per heavy atom. The molecular weight excluding hydrogens is 322 g/mol. The van der Waals surface area contributed by atoms with Crippen molar-refractivity contribution in [1.82, 2.24) is 15.1 Å². The molecule has 0 saturated carbocycles. The van der Waals surface area contributed by atoms with Crippen LogP contribution in [0.5, 0.6) is 0 Å². The quantitative estimate of drug-likeness (QED) is 0.801. The van der Waals surface area contributed by atoms with E-state index in [2.05, 4.69) is 10.2 Å². The molecule has 0 aliphatic carbocycles. The van der Waals surface area contributed by atoms with Crippen LogP contribution in [-0.4, -0.2) is 60.9 Å². The molecule has 2 aliphatic rings. The molecule has 2 amide bonds. The topological polar surface area (TPSA) is 52.7 Å². The third-order valence-corrected chi connectivity index (χ3v) is 5.89. The Labute approximate surface area is 148 Å². The van der Waals surface area contributed by atoms with Crippen LogP contribution >= 0.6 is 11.3 Å². The second-order valence-electron chi connectivity index (χ2n) is 6.74. The molecule has 24 heavy (non-hydrogen) atoms. The van der Waals surface area contributed by atoms with Gasteiger partial charge in [-0.05, 0) is 63.2 Å². The number of rotatable bonds is 6. The Hall–Kier alpha value is -1.40. The van der Waals surface area contributed by atoms with Gasteiger partial charge in [0, 0.05) is 25.6 Å². The number of nitrogens with one attached hydrogen (secondary N) is 1. The maximum atomic E-state index is 12.3. The lowest BCUT2D eigenvalue weighted by Crippen LogP contribution is -2.43. The van der Waals surface area contributed by atoms with E-state index in [0.29, 0.717) is 13.1 Å². The number of likely N-dealkylation sites (tertiary alicyclic amines) is 2. The Morgan fingerprint density at radius 1 is 1.17 bits per heavy atom. The fourth-order valence-corrected chi connectivity index (χ4v) is 4.26. The number of carbonyl (C=O) groups is 2. The van der Waals surface area contributed by atoms with E-state index in [9.17, 15) is 9.59 Å². The van der Waals surface area contributed by atoms with Crippen molar-refractivity contribution >= 4 is 23.2 Å². The first-order valence-electron chi connectivity index (χ1n) is 9.07. The molecule has 0 aromatic carbocycles. The molecule has 2 fully saturated rings. The largest absolute Gasteiger partial charge is 0.356 e. The minimum absolute atomic E-state index is 0.0594. The lowest BCUT2D eigenvalue weighted by Gasteiger charge is -2.31. The van der Waals surface area contributed by atoms with Crippen LogP contribution in [0.15, 0.2) is 17.5 Å². The lowest BCUT2D eigenvalue weighted by atomic mass is 9.95. The monoisotopic (exact) mass is 349 g/mol. The van der Waals surface area contributed by atoms with Gasteiger partial charge in [0.1, 0.15) is 0 Å². The number of amides is 2. The predicted molar refractivity (Wildman–Crippen MR) is 96.2 cm³/mol. The Kier molecular flexibility index (Phi) is 6.26. The van der Waals surface area contributed by atoms with Gasteiger partial charge < -0.3 is 15.1 Å². The molecule has 0 radical (unpaired) electrons. The standard InChI is InChI=1S/C18H27N3O2S/c22-17(19-8-4-11-20-9-1-2-10-20)15-6-12-21(13-7-15)18(23)16-5-3-14-24-16/h3,5,14-15H,1-2,4,6-13H2,(H,19,22). The van der Waals surface area contributed by atoms with Crippen LogP contribution < -0.4 is 5.32 Å². The van der Waals surface area contributed by atoms with E-state index < -0.39 is 0 Å². The summed E-state index contributed by atoms with van der Waals surface area (Å²) in [7, 11) is 0. The van der Waals surface area contributed by atoms with E-state index in [0.717, 1.165) is 37.2 Å². The number of thiophene rings is 1. The minimum atomic E-state index is 0.0594. The molecular formula is C18H27N3O2S. The molecule has 2 saturated heterocycles. The molecule has 2 aliphatic heterocycles. The number of piperidine rings is 1. The van der Waals surface area contributed by atoms with Crippen LogP contribution in [0, 0.1) is 5.92 Å². The Bertz CT molecular complexity index is 532. The molecule has 5 nitrogen and oxygen atoms in total. The van der Waals surface area contributed by atoms with Crippen molar-refractivity contribution in [3.63, 3.8) is 0 Å². The zero-order valence-corrected chi connectivity index (χ0v) is 15.0. The van der Waals surface area contributed by atoms with Gasteiger partial charge in [0.15, 0.2) is 0 Å². The van der Waals surface area contributed by atoms with E-state index in [1.54, 1.807) is 0 Å². The Morgan fingerprint density at radius 3 is 2.58 bits per heavy atom. The molecule has 1 aromatic rings. The first-order valence-corrected chi connectivity index (χ1v) is 9.95. The van der Waals surface area contributed by atoms with Gasteiger partial charge in [-0.3, -0.25) is 9.59 Å². The summed E-state index contributed by atoms with van der Waals surface area (Å²) in [4.78, 5) is 29.7. The molecule has 132 valence electrons. The van der Waals surface area contributed by atoms with Gasteiger partial charge in [0.25, 0.3) is 5.91 Å². The third-order valence-electron chi connectivity index (χ3n) is 5.03. The van der Waals surface area contributed by atoms with Crippen molar-refractivity contribution in [2.24, 2.45) is 5.92 Å². The first-order chi connectivity index (χ1) is 11.7. The van der Waals surface area contributed by atoms with Gasteiger partial charge in [-0.1, -0.05) is 6.07 Å². The maximum absolute atomic E-state index is 12.3. The summed E-state index contributed by atoms with van der Waals surface area (Å²) in [5.41, 5.74) is 0. The fraction of sp³-hybridized carbons (Fsp3) is 0.667. The van der Waals surface area contributed by atoms with Crippen LogP contribution in [0.1, 0.15) is 41.8 Å². The maximum Gasteiger partial charge on any atom is 0.263 e. The Balaban J connectivity index is 1.33. The van der Waals surface area contributed by atoms with E-state index in [4.69, 9.17) is 0 Å². The van der Waals surface area contributed by atoms with Crippen LogP contribution in [0.25, 0.3) is 0 Å². The van der Waals surface area contributed by atoms with Crippen LogP contribution in [0.2, 0.25) is 0 Å². The zero-order valence-electron chi connectivity index (χ0n) is 14.2. The summed E-state index contributed by atoms with van der Waals surface area (Å²) in [6.45, 7) is 5.65. The highest BCUT2D eigenvalue weighted by Crippen LogP contribution is 2.21. The van der Waals surface area contributed by atoms with Crippen molar-refractivity contribution in [3.8, 4) is 0 Å². The van der Waals surface area contributed by atoms with Gasteiger partial charge in [0.2, 0.25) is 5.91 Å². The highest BCUT2D eigenvalue weighted by molar-refractivity contribution is 7.12. The molecule has 3 heterocycles. The summed E-state index contributed by atoms with van der Waals surface area (Å²) in [6.07, 6.45) is 5.20. The van der Waals surface area contributed by atoms with Crippen molar-refractivity contribution in [2.75, 3.05) is 39.3 Å². The van der Waals surface area contributed by atoms with E-state index in [1.165, 1.54) is 37.3 Å². The van der Waals surface area contributed by atoms with Crippen LogP contribution in [-0.2, 0) is 4.79 Å². The SMILES string of the molecule is O=C(NCCCN1CCCC1)C1CCN(C(=O)c2cccs2)CC1. The molecule has 6 heteroatoms. The molecule has 1 N–H and O–H groups in total. The summed E-state index contributed by atoms with van der Waals surface area (Å²) in [5, 5.41) is 5.01. The molecule has 1 aromatic heterocycles. The minimum Gasteiger partial charge on any atom is -0.356 e. The van der Waals surface area contributed by atoms with Gasteiger partial charge in [-0.25, -0.2) is 0 Å². The number of nitrogens with zero attached hydrogens (tertiary/aromatic N) is 2. The van der Waals surface area contributed by atoms with E-state index in [-0.39, 0.29) is 17.7 Å². The number of hydrogen-bond acceptors (Lipinski definition) is 4. The molecule has 0 unspecified atom stereocenters.